The summed E-state index contributed by atoms with van der Waals surface area (Å²) in [4.78, 5) is 29.7. The maximum Gasteiger partial charge on any atom is 0.410 e. The lowest BCUT2D eigenvalue weighted by Gasteiger charge is -2.45. The van der Waals surface area contributed by atoms with Gasteiger partial charge in [0, 0.05) is 51.4 Å². The molecule has 1 fully saturated rings. The highest BCUT2D eigenvalue weighted by Crippen LogP contribution is 2.37. The Morgan fingerprint density at radius 1 is 0.843 bits per heavy atom. The summed E-state index contributed by atoms with van der Waals surface area (Å²) in [6.45, 7) is 17.2. The van der Waals surface area contributed by atoms with Crippen LogP contribution in [-0.2, 0) is 28.7 Å². The van der Waals surface area contributed by atoms with Crippen LogP contribution in [0.25, 0.3) is 0 Å². The van der Waals surface area contributed by atoms with Gasteiger partial charge in [0.25, 0.3) is 8.32 Å². The van der Waals surface area contributed by atoms with Crippen LogP contribution in [0.15, 0.2) is 91.0 Å². The van der Waals surface area contributed by atoms with E-state index in [-0.39, 0.29) is 22.5 Å². The molecule has 0 radical (unpaired) electrons. The number of hydrogen-bond acceptors (Lipinski definition) is 7. The fraction of sp³-hybridized carbons (Fsp3) is 0.439. The van der Waals surface area contributed by atoms with Crippen LogP contribution in [0.3, 0.4) is 0 Å². The molecular formula is C41H52ClN5O3Si. The molecule has 0 bridgehead atoms. The summed E-state index contributed by atoms with van der Waals surface area (Å²) in [5.41, 5.74) is 2.82. The third kappa shape index (κ3) is 8.49. The number of hydrogen-bond donors (Lipinski definition) is 0. The molecule has 0 saturated carbocycles. The molecule has 2 aliphatic rings. The van der Waals surface area contributed by atoms with Crippen LogP contribution >= 0.6 is 11.6 Å². The summed E-state index contributed by atoms with van der Waals surface area (Å²) in [5, 5.41) is 2.60. The molecule has 4 aromatic rings. The zero-order valence-corrected chi connectivity index (χ0v) is 32.7. The fourth-order valence-corrected chi connectivity index (χ4v) is 12.4. The average molecular weight is 726 g/mol. The fourth-order valence-electron chi connectivity index (χ4n) is 7.63. The number of benzene rings is 3. The van der Waals surface area contributed by atoms with Crippen LogP contribution in [0.5, 0.6) is 0 Å². The summed E-state index contributed by atoms with van der Waals surface area (Å²) < 4.78 is 13.2. The van der Waals surface area contributed by atoms with Crippen molar-refractivity contribution in [3.05, 3.63) is 113 Å². The topological polar surface area (TPSA) is 71.0 Å². The lowest BCUT2D eigenvalue weighted by Crippen LogP contribution is -2.67. The highest BCUT2D eigenvalue weighted by Gasteiger charge is 2.50. The molecule has 51 heavy (non-hydrogen) atoms. The SMILES string of the molecule is CC(C)(C)OC(=O)N1CCN(c2nc(Cl)nc3c2CCN(Cc2ccccc2)C3)C(CCO[Si](c2ccccc2)(c2ccccc2)C(C)(C)C)C1. The Kier molecular flexibility index (Phi) is 11.2. The molecule has 10 heteroatoms. The first-order valence-corrected chi connectivity index (χ1v) is 20.4. The van der Waals surface area contributed by atoms with Crippen molar-refractivity contribution < 1.29 is 14.0 Å². The standard InChI is InChI=1S/C41H52ClN5O3Si/c1-40(2,3)50-39(48)46-25-26-47(37-35-22-24-45(28-31-16-10-7-11-17-31)30-36(35)43-38(42)44-37)32(29-46)23-27-49-51(41(4,5)6,33-18-12-8-13-19-33)34-20-14-9-15-21-34/h7-21,32H,22-30H2,1-6H3. The first-order valence-electron chi connectivity index (χ1n) is 18.2. The summed E-state index contributed by atoms with van der Waals surface area (Å²) >= 11 is 6.69. The molecule has 0 spiro atoms. The van der Waals surface area contributed by atoms with Gasteiger partial charge in [-0.25, -0.2) is 14.8 Å². The second-order valence-corrected chi connectivity index (χ2v) is 20.4. The minimum atomic E-state index is -2.75. The maximum atomic E-state index is 13.4. The van der Waals surface area contributed by atoms with E-state index in [4.69, 9.17) is 30.7 Å². The third-order valence-electron chi connectivity index (χ3n) is 9.94. The number of carbonyl (C=O) groups excluding carboxylic acids is 1. The molecule has 1 unspecified atom stereocenters. The first kappa shape index (κ1) is 37.0. The van der Waals surface area contributed by atoms with E-state index < -0.39 is 13.9 Å². The smallest absolute Gasteiger partial charge is 0.410 e. The third-order valence-corrected chi connectivity index (χ3v) is 15.1. The lowest BCUT2D eigenvalue weighted by molar-refractivity contribution is 0.0207. The highest BCUT2D eigenvalue weighted by atomic mass is 35.5. The number of halogens is 1. The second-order valence-electron chi connectivity index (χ2n) is 15.8. The van der Waals surface area contributed by atoms with Gasteiger partial charge in [-0.05, 0) is 66.2 Å². The summed E-state index contributed by atoms with van der Waals surface area (Å²) in [5.74, 6) is 0.878. The van der Waals surface area contributed by atoms with Gasteiger partial charge in [-0.2, -0.15) is 0 Å². The molecule has 0 aliphatic carbocycles. The van der Waals surface area contributed by atoms with Crippen LogP contribution in [0.2, 0.25) is 10.3 Å². The number of nitrogens with zero attached hydrogens (tertiary/aromatic N) is 5. The van der Waals surface area contributed by atoms with Crippen molar-refractivity contribution in [2.75, 3.05) is 37.7 Å². The van der Waals surface area contributed by atoms with E-state index >= 15 is 0 Å². The average Bonchev–Trinajstić information content (AvgIpc) is 3.09. The Labute approximate surface area is 309 Å². The van der Waals surface area contributed by atoms with E-state index in [2.05, 4.69) is 116 Å². The molecule has 6 rings (SSSR count). The number of rotatable bonds is 9. The van der Waals surface area contributed by atoms with Gasteiger partial charge in [0.05, 0.1) is 11.7 Å². The molecule has 3 aromatic carbocycles. The van der Waals surface area contributed by atoms with Gasteiger partial charge in [0.2, 0.25) is 5.28 Å². The molecular weight excluding hydrogens is 674 g/mol. The lowest BCUT2D eigenvalue weighted by atomic mass is 10.0. The van der Waals surface area contributed by atoms with Gasteiger partial charge in [0.15, 0.2) is 0 Å². The van der Waals surface area contributed by atoms with E-state index in [0.29, 0.717) is 39.2 Å². The Bertz CT molecular complexity index is 1730. The van der Waals surface area contributed by atoms with E-state index in [0.717, 1.165) is 36.6 Å². The summed E-state index contributed by atoms with van der Waals surface area (Å²) in [6.07, 6.45) is 1.23. The van der Waals surface area contributed by atoms with Gasteiger partial charge >= 0.3 is 6.09 Å². The van der Waals surface area contributed by atoms with E-state index in [1.807, 2.05) is 31.7 Å². The number of ether oxygens (including phenoxy) is 1. The molecule has 1 atom stereocenters. The van der Waals surface area contributed by atoms with Gasteiger partial charge in [-0.1, -0.05) is 112 Å². The highest BCUT2D eigenvalue weighted by molar-refractivity contribution is 6.99. The predicted octanol–water partition coefficient (Wildman–Crippen LogP) is 7.08. The second kappa shape index (κ2) is 15.5. The van der Waals surface area contributed by atoms with Crippen LogP contribution in [0.1, 0.15) is 64.8 Å². The van der Waals surface area contributed by atoms with Gasteiger partial charge in [-0.3, -0.25) is 4.90 Å². The number of anilines is 1. The van der Waals surface area contributed by atoms with Crippen molar-refractivity contribution in [3.63, 3.8) is 0 Å². The van der Waals surface area contributed by atoms with E-state index in [1.54, 1.807) is 0 Å². The molecule has 2 aliphatic heterocycles. The monoisotopic (exact) mass is 725 g/mol. The van der Waals surface area contributed by atoms with E-state index in [9.17, 15) is 4.79 Å². The number of fused-ring (bicyclic) bond motifs is 1. The first-order chi connectivity index (χ1) is 24.3. The molecule has 1 saturated heterocycles. The Hall–Kier alpha value is -3.76. The zero-order chi connectivity index (χ0) is 36.2. The molecule has 8 nitrogen and oxygen atoms in total. The Balaban J connectivity index is 1.30. The molecule has 3 heterocycles. The zero-order valence-electron chi connectivity index (χ0n) is 30.9. The Morgan fingerprint density at radius 2 is 1.45 bits per heavy atom. The largest absolute Gasteiger partial charge is 0.444 e. The van der Waals surface area contributed by atoms with Crippen molar-refractivity contribution in [3.8, 4) is 0 Å². The molecule has 0 N–H and O–H groups in total. The van der Waals surface area contributed by atoms with E-state index in [1.165, 1.54) is 15.9 Å². The number of carbonyl (C=O) groups is 1. The van der Waals surface area contributed by atoms with Crippen molar-refractivity contribution in [1.82, 2.24) is 19.8 Å². The van der Waals surface area contributed by atoms with Crippen LogP contribution < -0.4 is 15.3 Å². The molecule has 1 aromatic heterocycles. The summed E-state index contributed by atoms with van der Waals surface area (Å²) in [7, 11) is -2.75. The molecule has 270 valence electrons. The number of aromatic nitrogens is 2. The number of piperazine rings is 1. The van der Waals surface area contributed by atoms with Gasteiger partial charge in [-0.15, -0.1) is 0 Å². The van der Waals surface area contributed by atoms with Gasteiger partial charge in [0.1, 0.15) is 11.4 Å². The van der Waals surface area contributed by atoms with Gasteiger partial charge < -0.3 is 19.0 Å². The van der Waals surface area contributed by atoms with Crippen molar-refractivity contribution in [2.45, 2.75) is 84.2 Å². The minimum Gasteiger partial charge on any atom is -0.444 e. The quantitative estimate of drug-likeness (QED) is 0.135. The van der Waals surface area contributed by atoms with Crippen LogP contribution in [-0.4, -0.2) is 78.6 Å². The van der Waals surface area contributed by atoms with Crippen molar-refractivity contribution in [1.29, 1.82) is 0 Å². The van der Waals surface area contributed by atoms with Crippen molar-refractivity contribution in [2.24, 2.45) is 0 Å². The van der Waals surface area contributed by atoms with Crippen LogP contribution in [0.4, 0.5) is 10.6 Å². The van der Waals surface area contributed by atoms with Crippen LogP contribution in [0, 0.1) is 0 Å². The maximum absolute atomic E-state index is 13.4. The summed E-state index contributed by atoms with van der Waals surface area (Å²) in [6, 6.07) is 31.9. The minimum absolute atomic E-state index is 0.0677. The molecule has 1 amide bonds. The Morgan fingerprint density at radius 3 is 2.04 bits per heavy atom. The predicted molar refractivity (Wildman–Crippen MR) is 208 cm³/mol. The normalized spacial score (nSPS) is 17.3. The number of amides is 1. The van der Waals surface area contributed by atoms with Crippen molar-refractivity contribution >= 4 is 42.2 Å².